The highest BCUT2D eigenvalue weighted by Gasteiger charge is 2.14. The Kier molecular flexibility index (Phi) is 5.31. The zero-order chi connectivity index (χ0) is 13.7. The molecule has 2 nitrogen and oxygen atoms in total. The summed E-state index contributed by atoms with van der Waals surface area (Å²) in [5.41, 5.74) is 7.13. The van der Waals surface area contributed by atoms with Crippen molar-refractivity contribution in [3.63, 3.8) is 0 Å². The quantitative estimate of drug-likeness (QED) is 0.828. The molecule has 1 atom stereocenters. The van der Waals surface area contributed by atoms with Gasteiger partial charge in [-0.1, -0.05) is 40.2 Å². The van der Waals surface area contributed by atoms with E-state index in [2.05, 4.69) is 34.1 Å². The summed E-state index contributed by atoms with van der Waals surface area (Å²) < 4.78 is 6.45. The van der Waals surface area contributed by atoms with Crippen molar-refractivity contribution in [1.82, 2.24) is 0 Å². The molecule has 0 saturated heterocycles. The second kappa shape index (κ2) is 6.98. The van der Waals surface area contributed by atoms with Gasteiger partial charge in [-0.15, -0.1) is 11.8 Å². The van der Waals surface area contributed by atoms with Crippen molar-refractivity contribution in [3.05, 3.63) is 58.6 Å². The summed E-state index contributed by atoms with van der Waals surface area (Å²) in [6.45, 7) is 0.583. The molecule has 0 fully saturated rings. The van der Waals surface area contributed by atoms with E-state index in [1.54, 1.807) is 18.9 Å². The molecule has 1 unspecified atom stereocenters. The fraction of sp³-hybridized carbons (Fsp3) is 0.200. The predicted octanol–water partition coefficient (Wildman–Crippen LogP) is 4.25. The van der Waals surface area contributed by atoms with E-state index >= 15 is 0 Å². The molecule has 0 amide bonds. The lowest BCUT2D eigenvalue weighted by atomic mass is 10.1. The van der Waals surface area contributed by atoms with Gasteiger partial charge in [-0.2, -0.15) is 0 Å². The van der Waals surface area contributed by atoms with Crippen LogP contribution in [-0.2, 0) is 0 Å². The summed E-state index contributed by atoms with van der Waals surface area (Å²) in [4.78, 5) is 1.11. The average molecular weight is 338 g/mol. The molecule has 0 aliphatic heterocycles. The van der Waals surface area contributed by atoms with Gasteiger partial charge in [0.15, 0.2) is 0 Å². The first kappa shape index (κ1) is 14.4. The molecule has 19 heavy (non-hydrogen) atoms. The van der Waals surface area contributed by atoms with Gasteiger partial charge in [0.2, 0.25) is 0 Å². The Bertz CT molecular complexity index is 547. The number of benzene rings is 2. The van der Waals surface area contributed by atoms with Crippen LogP contribution in [0.5, 0.6) is 5.75 Å². The SMILES string of the molecule is COc1ccccc1SC(CN)c1cccc(Br)c1. The van der Waals surface area contributed by atoms with Gasteiger partial charge in [-0.3, -0.25) is 0 Å². The Hall–Kier alpha value is -0.970. The number of nitrogens with two attached hydrogens (primary N) is 1. The van der Waals surface area contributed by atoms with Crippen LogP contribution < -0.4 is 10.5 Å². The van der Waals surface area contributed by atoms with Crippen LogP contribution in [0.4, 0.5) is 0 Å². The number of rotatable bonds is 5. The van der Waals surface area contributed by atoms with E-state index < -0.39 is 0 Å². The highest BCUT2D eigenvalue weighted by atomic mass is 79.9. The summed E-state index contributed by atoms with van der Waals surface area (Å²) in [5, 5.41) is 0.216. The van der Waals surface area contributed by atoms with E-state index in [0.717, 1.165) is 15.1 Å². The Labute approximate surface area is 126 Å². The maximum Gasteiger partial charge on any atom is 0.132 e. The number of ether oxygens (including phenoxy) is 1. The maximum absolute atomic E-state index is 5.92. The van der Waals surface area contributed by atoms with Crippen LogP contribution in [0.15, 0.2) is 57.9 Å². The van der Waals surface area contributed by atoms with E-state index in [-0.39, 0.29) is 5.25 Å². The monoisotopic (exact) mass is 337 g/mol. The number of methoxy groups -OCH3 is 1. The first-order valence-corrected chi connectivity index (χ1v) is 7.67. The van der Waals surface area contributed by atoms with Crippen molar-refractivity contribution in [2.24, 2.45) is 5.73 Å². The fourth-order valence-electron chi connectivity index (χ4n) is 1.83. The minimum atomic E-state index is 0.216. The van der Waals surface area contributed by atoms with Gasteiger partial charge >= 0.3 is 0 Å². The van der Waals surface area contributed by atoms with Crippen LogP contribution in [0.2, 0.25) is 0 Å². The van der Waals surface area contributed by atoms with Gasteiger partial charge in [-0.25, -0.2) is 0 Å². The lowest BCUT2D eigenvalue weighted by Crippen LogP contribution is -2.09. The summed E-state index contributed by atoms with van der Waals surface area (Å²) >= 11 is 5.23. The second-order valence-electron chi connectivity index (χ2n) is 4.05. The van der Waals surface area contributed by atoms with E-state index in [1.165, 1.54) is 5.56 Å². The molecular formula is C15H16BrNOS. The molecule has 0 spiro atoms. The van der Waals surface area contributed by atoms with Crippen LogP contribution in [0.1, 0.15) is 10.8 Å². The molecule has 100 valence electrons. The van der Waals surface area contributed by atoms with Gasteiger partial charge in [0.25, 0.3) is 0 Å². The van der Waals surface area contributed by atoms with Gasteiger partial charge in [0, 0.05) is 21.2 Å². The normalized spacial score (nSPS) is 12.2. The fourth-order valence-corrected chi connectivity index (χ4v) is 3.36. The summed E-state index contributed by atoms with van der Waals surface area (Å²) in [7, 11) is 1.69. The summed E-state index contributed by atoms with van der Waals surface area (Å²) in [5.74, 6) is 0.890. The molecule has 0 radical (unpaired) electrons. The minimum Gasteiger partial charge on any atom is -0.496 e. The predicted molar refractivity (Wildman–Crippen MR) is 84.8 cm³/mol. The first-order chi connectivity index (χ1) is 9.24. The maximum atomic E-state index is 5.92. The van der Waals surface area contributed by atoms with Gasteiger partial charge in [-0.05, 0) is 29.8 Å². The Balaban J connectivity index is 2.24. The molecule has 0 saturated carbocycles. The molecule has 2 rings (SSSR count). The van der Waals surface area contributed by atoms with Crippen LogP contribution in [0, 0.1) is 0 Å². The van der Waals surface area contributed by atoms with Crippen LogP contribution in [0.25, 0.3) is 0 Å². The summed E-state index contributed by atoms with van der Waals surface area (Å²) in [6.07, 6.45) is 0. The van der Waals surface area contributed by atoms with Crippen molar-refractivity contribution in [2.75, 3.05) is 13.7 Å². The second-order valence-corrected chi connectivity index (χ2v) is 6.21. The van der Waals surface area contributed by atoms with E-state index in [1.807, 2.05) is 30.3 Å². The highest BCUT2D eigenvalue weighted by molar-refractivity contribution is 9.10. The van der Waals surface area contributed by atoms with Gasteiger partial charge in [0.1, 0.15) is 5.75 Å². The van der Waals surface area contributed by atoms with E-state index in [9.17, 15) is 0 Å². The number of hydrogen-bond acceptors (Lipinski definition) is 3. The van der Waals surface area contributed by atoms with Gasteiger partial charge < -0.3 is 10.5 Å². The standard InChI is InChI=1S/C15H16BrNOS/c1-18-13-7-2-3-8-14(13)19-15(10-17)11-5-4-6-12(16)9-11/h2-9,15H,10,17H2,1H3. The molecule has 0 bridgehead atoms. The largest absolute Gasteiger partial charge is 0.496 e. The number of para-hydroxylation sites is 1. The van der Waals surface area contributed by atoms with Crippen molar-refractivity contribution in [2.45, 2.75) is 10.1 Å². The molecule has 0 heterocycles. The molecular weight excluding hydrogens is 322 g/mol. The Morgan fingerprint density at radius 1 is 1.21 bits per heavy atom. The highest BCUT2D eigenvalue weighted by Crippen LogP contribution is 2.39. The number of thioether (sulfide) groups is 1. The van der Waals surface area contributed by atoms with Crippen molar-refractivity contribution in [3.8, 4) is 5.75 Å². The Morgan fingerprint density at radius 3 is 2.68 bits per heavy atom. The summed E-state index contributed by atoms with van der Waals surface area (Å²) in [6, 6.07) is 16.3. The van der Waals surface area contributed by atoms with Crippen LogP contribution in [0.3, 0.4) is 0 Å². The van der Waals surface area contributed by atoms with Crippen molar-refractivity contribution < 1.29 is 4.74 Å². The molecule has 0 aliphatic rings. The smallest absolute Gasteiger partial charge is 0.132 e. The molecule has 0 aromatic heterocycles. The Morgan fingerprint density at radius 2 is 2.00 bits per heavy atom. The van der Waals surface area contributed by atoms with Crippen molar-refractivity contribution >= 4 is 27.7 Å². The topological polar surface area (TPSA) is 35.2 Å². The van der Waals surface area contributed by atoms with Crippen LogP contribution in [-0.4, -0.2) is 13.7 Å². The third kappa shape index (κ3) is 3.75. The van der Waals surface area contributed by atoms with Gasteiger partial charge in [0.05, 0.1) is 7.11 Å². The minimum absolute atomic E-state index is 0.216. The van der Waals surface area contributed by atoms with Crippen molar-refractivity contribution in [1.29, 1.82) is 0 Å². The average Bonchev–Trinajstić information content (AvgIpc) is 2.45. The molecule has 2 aromatic carbocycles. The number of hydrogen-bond donors (Lipinski definition) is 1. The third-order valence-electron chi connectivity index (χ3n) is 2.77. The zero-order valence-corrected chi connectivity index (χ0v) is 13.1. The molecule has 2 N–H and O–H groups in total. The van der Waals surface area contributed by atoms with Crippen LogP contribution >= 0.6 is 27.7 Å². The molecule has 2 aromatic rings. The molecule has 4 heteroatoms. The lowest BCUT2D eigenvalue weighted by molar-refractivity contribution is 0.404. The zero-order valence-electron chi connectivity index (χ0n) is 10.7. The van der Waals surface area contributed by atoms with E-state index in [0.29, 0.717) is 6.54 Å². The lowest BCUT2D eigenvalue weighted by Gasteiger charge is -2.17. The van der Waals surface area contributed by atoms with E-state index in [4.69, 9.17) is 10.5 Å². The number of halogens is 1. The third-order valence-corrected chi connectivity index (χ3v) is 4.61. The first-order valence-electron chi connectivity index (χ1n) is 6.00. The molecule has 0 aliphatic carbocycles.